The number of unbranched alkanes of at least 4 members (excludes halogenated alkanes) is 11. The molecular weight excluding hydrogens is 652 g/mol. The highest BCUT2D eigenvalue weighted by molar-refractivity contribution is 5.87. The zero-order valence-electron chi connectivity index (χ0n) is 34.0. The Balaban J connectivity index is -0.000000632. The number of rotatable bonds is 26. The Morgan fingerprint density at radius 1 is 0.692 bits per heavy atom. The third-order valence-electron chi connectivity index (χ3n) is 7.45. The van der Waals surface area contributed by atoms with Crippen LogP contribution in [0.25, 0.3) is 0 Å². The van der Waals surface area contributed by atoms with Crippen molar-refractivity contribution in [3.8, 4) is 5.75 Å². The average Bonchev–Trinajstić information content (AvgIpc) is 3.13. The van der Waals surface area contributed by atoms with Crippen LogP contribution >= 0.6 is 0 Å². The van der Waals surface area contributed by atoms with Crippen molar-refractivity contribution in [1.82, 2.24) is 0 Å². The molecule has 0 aliphatic heterocycles. The van der Waals surface area contributed by atoms with Gasteiger partial charge in [0.2, 0.25) is 0 Å². The van der Waals surface area contributed by atoms with E-state index >= 15 is 0 Å². The molecule has 7 heteroatoms. The van der Waals surface area contributed by atoms with Crippen molar-refractivity contribution in [1.29, 1.82) is 0 Å². The van der Waals surface area contributed by atoms with Gasteiger partial charge in [0.05, 0.1) is 7.11 Å². The number of ether oxygens (including phenoxy) is 4. The van der Waals surface area contributed by atoms with Gasteiger partial charge in [-0.1, -0.05) is 175 Å². The maximum Gasteiger partial charge on any atom is 0.333 e. The standard InChI is InChI=1S/C14H26O2.C13H27.C12H14O3.C6H8O2/c1-12(2)10-8-6-5-7-9-11-13(3)14(15)16-4;1-4-5-6-7-8-9-10-11-12-13(2)3;1-10(2)12(13)15-9-8-14-11-6-4-3-5-7-11;1-3-5-8-6(7)4-2/h12H,3,5-11H2,1-2,4H3;13H,1,4-12H2,2-3H3;3-7H,1,8-9H2,2H3;3-4H,1-2,5H2. The minimum absolute atomic E-state index is 0.237. The van der Waals surface area contributed by atoms with Crippen LogP contribution in [0.1, 0.15) is 137 Å². The van der Waals surface area contributed by atoms with E-state index in [1.54, 1.807) is 6.92 Å². The molecular formula is C45H75O7. The first kappa shape index (κ1) is 52.7. The molecule has 0 aromatic heterocycles. The third kappa shape index (κ3) is 42.6. The number of esters is 3. The van der Waals surface area contributed by atoms with Crippen LogP contribution in [0, 0.1) is 18.8 Å². The minimum Gasteiger partial charge on any atom is -0.490 e. The Morgan fingerprint density at radius 3 is 1.63 bits per heavy atom. The molecule has 0 fully saturated rings. The van der Waals surface area contributed by atoms with Crippen LogP contribution < -0.4 is 4.74 Å². The van der Waals surface area contributed by atoms with Gasteiger partial charge in [-0.15, -0.1) is 0 Å². The topological polar surface area (TPSA) is 88.1 Å². The molecule has 0 bridgehead atoms. The molecule has 0 amide bonds. The number of methoxy groups -OCH3 is 1. The molecule has 1 aromatic carbocycles. The van der Waals surface area contributed by atoms with Crippen LogP contribution in [0.5, 0.6) is 5.75 Å². The van der Waals surface area contributed by atoms with Gasteiger partial charge in [0, 0.05) is 17.2 Å². The van der Waals surface area contributed by atoms with Gasteiger partial charge in [0.15, 0.2) is 0 Å². The van der Waals surface area contributed by atoms with E-state index in [2.05, 4.69) is 70.4 Å². The number of carbonyl (C=O) groups excluding carboxylic acids is 3. The van der Waals surface area contributed by atoms with Crippen LogP contribution in [-0.2, 0) is 28.6 Å². The summed E-state index contributed by atoms with van der Waals surface area (Å²) in [5, 5.41) is 0. The number of para-hydroxylation sites is 1. The Labute approximate surface area is 319 Å². The number of hydrogen-bond acceptors (Lipinski definition) is 7. The fourth-order valence-electron chi connectivity index (χ4n) is 4.41. The first-order valence-electron chi connectivity index (χ1n) is 19.3. The first-order chi connectivity index (χ1) is 24.9. The van der Waals surface area contributed by atoms with Gasteiger partial charge in [0.1, 0.15) is 25.6 Å². The zero-order valence-corrected chi connectivity index (χ0v) is 34.0. The lowest BCUT2D eigenvalue weighted by atomic mass is 10.0. The molecule has 1 aromatic rings. The van der Waals surface area contributed by atoms with Crippen molar-refractivity contribution < 1.29 is 33.3 Å². The SMILES string of the molecule is C=C(C)C(=O)OCCOc1ccccc1.C=C(CCCCCCCC(C)C)C(=O)OC.C=CCOC(=O)C=C.[CH2]CCCCCCCCCC(C)C. The monoisotopic (exact) mass is 728 g/mol. The van der Waals surface area contributed by atoms with E-state index in [0.717, 1.165) is 42.9 Å². The van der Waals surface area contributed by atoms with Crippen molar-refractivity contribution in [2.75, 3.05) is 26.9 Å². The summed E-state index contributed by atoms with van der Waals surface area (Å²) in [5.41, 5.74) is 0.999. The van der Waals surface area contributed by atoms with E-state index in [9.17, 15) is 14.4 Å². The molecule has 0 unspecified atom stereocenters. The molecule has 1 rings (SSSR count). The maximum atomic E-state index is 11.0. The third-order valence-corrected chi connectivity index (χ3v) is 7.45. The predicted molar refractivity (Wildman–Crippen MR) is 219 cm³/mol. The van der Waals surface area contributed by atoms with E-state index in [1.165, 1.54) is 96.7 Å². The first-order valence-corrected chi connectivity index (χ1v) is 19.3. The van der Waals surface area contributed by atoms with Gasteiger partial charge >= 0.3 is 17.9 Å². The molecule has 0 aliphatic carbocycles. The van der Waals surface area contributed by atoms with Crippen molar-refractivity contribution in [2.45, 2.75) is 137 Å². The molecule has 0 N–H and O–H groups in total. The summed E-state index contributed by atoms with van der Waals surface area (Å²) >= 11 is 0. The second kappa shape index (κ2) is 40.2. The Bertz CT molecular complexity index is 1040. The van der Waals surface area contributed by atoms with Crippen LogP contribution in [0.2, 0.25) is 0 Å². The molecule has 7 nitrogen and oxygen atoms in total. The molecule has 0 heterocycles. The zero-order chi connectivity index (χ0) is 39.8. The van der Waals surface area contributed by atoms with E-state index < -0.39 is 5.97 Å². The summed E-state index contributed by atoms with van der Waals surface area (Å²) in [7, 11) is 1.40. The highest BCUT2D eigenvalue weighted by Crippen LogP contribution is 2.14. The summed E-state index contributed by atoms with van der Waals surface area (Å²) in [4.78, 5) is 32.2. The lowest BCUT2D eigenvalue weighted by Crippen LogP contribution is -2.12. The fraction of sp³-hybridized carbons (Fsp3) is 0.600. The maximum absolute atomic E-state index is 11.0. The highest BCUT2D eigenvalue weighted by Gasteiger charge is 2.05. The van der Waals surface area contributed by atoms with E-state index in [-0.39, 0.29) is 25.2 Å². The van der Waals surface area contributed by atoms with E-state index in [0.29, 0.717) is 17.8 Å². The van der Waals surface area contributed by atoms with Crippen LogP contribution in [0.4, 0.5) is 0 Å². The molecule has 297 valence electrons. The summed E-state index contributed by atoms with van der Waals surface area (Å²) in [6, 6.07) is 9.37. The summed E-state index contributed by atoms with van der Waals surface area (Å²) < 4.78 is 19.3. The van der Waals surface area contributed by atoms with Gasteiger partial charge in [0.25, 0.3) is 0 Å². The van der Waals surface area contributed by atoms with Crippen LogP contribution in [0.3, 0.4) is 0 Å². The van der Waals surface area contributed by atoms with Crippen molar-refractivity contribution in [3.63, 3.8) is 0 Å². The van der Waals surface area contributed by atoms with E-state index in [4.69, 9.17) is 9.47 Å². The molecule has 52 heavy (non-hydrogen) atoms. The molecule has 0 saturated carbocycles. The second-order valence-corrected chi connectivity index (χ2v) is 13.5. The molecule has 1 radical (unpaired) electrons. The Kier molecular flexibility index (Phi) is 40.7. The molecule has 0 aliphatic rings. The van der Waals surface area contributed by atoms with Crippen LogP contribution in [0.15, 0.2) is 79.9 Å². The lowest BCUT2D eigenvalue weighted by Gasteiger charge is -2.06. The lowest BCUT2D eigenvalue weighted by molar-refractivity contribution is -0.139. The highest BCUT2D eigenvalue weighted by atomic mass is 16.6. The average molecular weight is 728 g/mol. The van der Waals surface area contributed by atoms with Gasteiger partial charge < -0.3 is 18.9 Å². The number of carbonyl (C=O) groups is 3. The van der Waals surface area contributed by atoms with Crippen molar-refractivity contribution in [3.05, 3.63) is 86.9 Å². The van der Waals surface area contributed by atoms with Crippen molar-refractivity contribution >= 4 is 17.9 Å². The quantitative estimate of drug-likeness (QED) is 0.0308. The second-order valence-electron chi connectivity index (χ2n) is 13.5. The number of hydrogen-bond donors (Lipinski definition) is 0. The van der Waals surface area contributed by atoms with Crippen molar-refractivity contribution in [2.24, 2.45) is 11.8 Å². The summed E-state index contributed by atoms with van der Waals surface area (Å²) in [5.74, 6) is 1.42. The molecule has 0 spiro atoms. The van der Waals surface area contributed by atoms with E-state index in [1.807, 2.05) is 30.3 Å². The van der Waals surface area contributed by atoms with Crippen LogP contribution in [-0.4, -0.2) is 44.8 Å². The van der Waals surface area contributed by atoms with Gasteiger partial charge in [-0.2, -0.15) is 0 Å². The van der Waals surface area contributed by atoms with Gasteiger partial charge in [-0.3, -0.25) is 0 Å². The summed E-state index contributed by atoms with van der Waals surface area (Å²) in [6.07, 6.45) is 23.3. The Hall–Kier alpha value is -3.61. The fourth-order valence-corrected chi connectivity index (χ4v) is 4.41. The largest absolute Gasteiger partial charge is 0.490 e. The smallest absolute Gasteiger partial charge is 0.333 e. The predicted octanol–water partition coefficient (Wildman–Crippen LogP) is 12.2. The molecule has 0 atom stereocenters. The Morgan fingerprint density at radius 2 is 1.19 bits per heavy atom. The normalized spacial score (nSPS) is 9.87. The van der Waals surface area contributed by atoms with Gasteiger partial charge in [-0.25, -0.2) is 14.4 Å². The summed E-state index contributed by atoms with van der Waals surface area (Å²) in [6.45, 7) is 29.2. The molecule has 0 saturated heterocycles. The minimum atomic E-state index is -0.412. The number of benzene rings is 1. The van der Waals surface area contributed by atoms with Gasteiger partial charge in [-0.05, 0) is 43.7 Å².